The average Bonchev–Trinajstić information content (AvgIpc) is 3.29. The summed E-state index contributed by atoms with van der Waals surface area (Å²) in [5.41, 5.74) is 3.38. The highest BCUT2D eigenvalue weighted by Crippen LogP contribution is 2.31. The summed E-state index contributed by atoms with van der Waals surface area (Å²) < 4.78 is 12.3. The van der Waals surface area contributed by atoms with Gasteiger partial charge in [-0.3, -0.25) is 0 Å². The smallest absolute Gasteiger partial charge is 0.338 e. The van der Waals surface area contributed by atoms with Crippen LogP contribution in [0.25, 0.3) is 16.7 Å². The van der Waals surface area contributed by atoms with E-state index in [1.807, 2.05) is 43.3 Å². The number of aryl methyl sites for hydroxylation is 1. The Morgan fingerprint density at radius 2 is 2.12 bits per heavy atom. The topological polar surface area (TPSA) is 66.2 Å². The molecule has 3 heterocycles. The molecule has 0 spiro atoms. The van der Waals surface area contributed by atoms with Crippen LogP contribution in [-0.2, 0) is 9.47 Å². The van der Waals surface area contributed by atoms with Crippen molar-refractivity contribution in [3.63, 3.8) is 0 Å². The predicted molar refractivity (Wildman–Crippen MR) is 92.5 cm³/mol. The number of pyridine rings is 1. The summed E-state index contributed by atoms with van der Waals surface area (Å²) in [4.78, 5) is 17.1. The molecule has 4 rings (SSSR count). The molecule has 6 nitrogen and oxygen atoms in total. The van der Waals surface area contributed by atoms with Gasteiger partial charge in [-0.1, -0.05) is 18.2 Å². The number of nitrogens with zero attached hydrogens (tertiary/aromatic N) is 3. The molecule has 6 heteroatoms. The van der Waals surface area contributed by atoms with Crippen LogP contribution < -0.4 is 0 Å². The normalized spacial score (nSPS) is 16.2. The maximum atomic E-state index is 12.3. The Labute approximate surface area is 144 Å². The predicted octanol–water partition coefficient (Wildman–Crippen LogP) is 3.49. The van der Waals surface area contributed by atoms with Crippen molar-refractivity contribution < 1.29 is 14.3 Å². The van der Waals surface area contributed by atoms with Gasteiger partial charge in [-0.15, -0.1) is 0 Å². The number of esters is 1. The van der Waals surface area contributed by atoms with Gasteiger partial charge in [0.1, 0.15) is 6.10 Å². The molecule has 1 unspecified atom stereocenters. The summed E-state index contributed by atoms with van der Waals surface area (Å²) in [7, 11) is 1.37. The lowest BCUT2D eigenvalue weighted by atomic mass is 10.1. The van der Waals surface area contributed by atoms with Gasteiger partial charge in [0.25, 0.3) is 0 Å². The minimum Gasteiger partial charge on any atom is -0.492 e. The zero-order chi connectivity index (χ0) is 17.4. The van der Waals surface area contributed by atoms with Crippen molar-refractivity contribution in [2.24, 2.45) is 0 Å². The number of rotatable bonds is 3. The number of methoxy groups -OCH3 is 1. The van der Waals surface area contributed by atoms with E-state index in [4.69, 9.17) is 14.5 Å². The Kier molecular flexibility index (Phi) is 3.72. The molecule has 2 aromatic heterocycles. The van der Waals surface area contributed by atoms with Crippen LogP contribution >= 0.6 is 0 Å². The van der Waals surface area contributed by atoms with Gasteiger partial charge in [-0.2, -0.15) is 5.10 Å². The van der Waals surface area contributed by atoms with E-state index in [9.17, 15) is 4.79 Å². The first-order chi connectivity index (χ1) is 12.2. The van der Waals surface area contributed by atoms with Crippen LogP contribution in [0, 0.1) is 6.92 Å². The summed E-state index contributed by atoms with van der Waals surface area (Å²) in [6, 6.07) is 11.5. The first kappa shape index (κ1) is 15.4. The highest BCUT2D eigenvalue weighted by Gasteiger charge is 2.24. The number of carbonyl (C=O) groups excluding carboxylic acids is 1. The van der Waals surface area contributed by atoms with Gasteiger partial charge in [0.2, 0.25) is 0 Å². The van der Waals surface area contributed by atoms with Crippen LogP contribution in [0.15, 0.2) is 48.7 Å². The van der Waals surface area contributed by atoms with E-state index >= 15 is 0 Å². The molecule has 0 fully saturated rings. The van der Waals surface area contributed by atoms with Crippen molar-refractivity contribution in [1.29, 1.82) is 0 Å². The van der Waals surface area contributed by atoms with Crippen LogP contribution in [0.1, 0.15) is 34.3 Å². The van der Waals surface area contributed by atoms with Crippen LogP contribution in [0.3, 0.4) is 0 Å². The summed E-state index contributed by atoms with van der Waals surface area (Å²) in [6.45, 7) is 1.86. The molecule has 1 atom stereocenters. The molecule has 0 radical (unpaired) electrons. The number of benzene rings is 1. The third-order valence-electron chi connectivity index (χ3n) is 4.26. The number of para-hydroxylation sites is 1. The molecule has 25 heavy (non-hydrogen) atoms. The Balaban J connectivity index is 1.99. The largest absolute Gasteiger partial charge is 0.492 e. The van der Waals surface area contributed by atoms with Crippen LogP contribution in [0.2, 0.25) is 0 Å². The van der Waals surface area contributed by atoms with Gasteiger partial charge in [0, 0.05) is 6.42 Å². The quantitative estimate of drug-likeness (QED) is 0.686. The molecule has 0 N–H and O–H groups in total. The van der Waals surface area contributed by atoms with Crippen molar-refractivity contribution in [1.82, 2.24) is 14.8 Å². The monoisotopic (exact) mass is 335 g/mol. The van der Waals surface area contributed by atoms with E-state index in [2.05, 4.69) is 5.10 Å². The van der Waals surface area contributed by atoms with E-state index in [0.717, 1.165) is 17.8 Å². The third kappa shape index (κ3) is 2.55. The minimum absolute atomic E-state index is 0.202. The first-order valence-corrected chi connectivity index (χ1v) is 8.03. The van der Waals surface area contributed by atoms with Crippen molar-refractivity contribution in [3.05, 3.63) is 65.7 Å². The lowest BCUT2D eigenvalue weighted by Crippen LogP contribution is -2.08. The number of hydrogen-bond donors (Lipinski definition) is 0. The Bertz CT molecular complexity index is 968. The Morgan fingerprint density at radius 1 is 1.32 bits per heavy atom. The molecule has 0 aliphatic carbocycles. The zero-order valence-electron chi connectivity index (χ0n) is 14.0. The maximum absolute atomic E-state index is 12.3. The summed E-state index contributed by atoms with van der Waals surface area (Å²) >= 11 is 0. The van der Waals surface area contributed by atoms with Crippen LogP contribution in [0.5, 0.6) is 0 Å². The summed E-state index contributed by atoms with van der Waals surface area (Å²) in [5.74, 6) is -0.407. The third-order valence-corrected chi connectivity index (χ3v) is 4.26. The Morgan fingerprint density at radius 3 is 2.80 bits per heavy atom. The highest BCUT2D eigenvalue weighted by atomic mass is 16.5. The second-order valence-corrected chi connectivity index (χ2v) is 5.85. The lowest BCUT2D eigenvalue weighted by molar-refractivity contribution is 0.0602. The standard InChI is InChI=1S/C19H17N3O3/c1-12-17-14(19(23)24-2)11-15(16-9-6-10-25-16)20-18(17)22(21-12)13-7-4-3-5-8-13/h3-8,10-11,16H,9H2,1-2H3. The molecule has 1 aliphatic rings. The molecule has 0 amide bonds. The zero-order valence-corrected chi connectivity index (χ0v) is 14.0. The van der Waals surface area contributed by atoms with Gasteiger partial charge in [0.15, 0.2) is 5.65 Å². The molecule has 0 saturated carbocycles. The van der Waals surface area contributed by atoms with E-state index in [1.54, 1.807) is 17.0 Å². The number of fused-ring (bicyclic) bond motifs is 1. The average molecular weight is 335 g/mol. The number of hydrogen-bond acceptors (Lipinski definition) is 5. The number of carbonyl (C=O) groups is 1. The first-order valence-electron chi connectivity index (χ1n) is 8.03. The van der Waals surface area contributed by atoms with E-state index in [0.29, 0.717) is 22.3 Å². The van der Waals surface area contributed by atoms with Crippen LogP contribution in [0.4, 0.5) is 0 Å². The summed E-state index contributed by atoms with van der Waals surface area (Å²) in [5, 5.41) is 5.29. The van der Waals surface area contributed by atoms with Crippen molar-refractivity contribution >= 4 is 17.0 Å². The molecule has 3 aromatic rings. The fourth-order valence-corrected chi connectivity index (χ4v) is 3.07. The minimum atomic E-state index is -0.407. The Hall–Kier alpha value is -3.15. The lowest BCUT2D eigenvalue weighted by Gasteiger charge is -2.12. The number of aromatic nitrogens is 3. The van der Waals surface area contributed by atoms with E-state index in [1.165, 1.54) is 7.11 Å². The fraction of sp³-hybridized carbons (Fsp3) is 0.211. The van der Waals surface area contributed by atoms with Crippen molar-refractivity contribution in [2.75, 3.05) is 7.11 Å². The number of ether oxygens (including phenoxy) is 2. The molecular formula is C19H17N3O3. The van der Waals surface area contributed by atoms with Gasteiger partial charge in [-0.05, 0) is 31.2 Å². The van der Waals surface area contributed by atoms with Gasteiger partial charge < -0.3 is 9.47 Å². The molecule has 1 aromatic carbocycles. The van der Waals surface area contributed by atoms with Crippen LogP contribution in [-0.4, -0.2) is 27.8 Å². The second-order valence-electron chi connectivity index (χ2n) is 5.85. The van der Waals surface area contributed by atoms with Gasteiger partial charge >= 0.3 is 5.97 Å². The highest BCUT2D eigenvalue weighted by molar-refractivity contribution is 6.04. The van der Waals surface area contributed by atoms with Crippen molar-refractivity contribution in [3.8, 4) is 5.69 Å². The molecule has 0 saturated heterocycles. The summed E-state index contributed by atoms with van der Waals surface area (Å²) in [6.07, 6.45) is 4.12. The molecular weight excluding hydrogens is 318 g/mol. The van der Waals surface area contributed by atoms with E-state index in [-0.39, 0.29) is 6.10 Å². The molecule has 126 valence electrons. The fourth-order valence-electron chi connectivity index (χ4n) is 3.07. The molecule has 0 bridgehead atoms. The second kappa shape index (κ2) is 6.05. The SMILES string of the molecule is COC(=O)c1cc(C2CC=CO2)nc2c1c(C)nn2-c1ccccc1. The molecule has 1 aliphatic heterocycles. The van der Waals surface area contributed by atoms with Gasteiger partial charge in [0.05, 0.1) is 41.4 Å². The van der Waals surface area contributed by atoms with Gasteiger partial charge in [-0.25, -0.2) is 14.5 Å². The van der Waals surface area contributed by atoms with E-state index < -0.39 is 5.97 Å². The van der Waals surface area contributed by atoms with Crippen molar-refractivity contribution in [2.45, 2.75) is 19.4 Å². The maximum Gasteiger partial charge on any atom is 0.338 e.